The van der Waals surface area contributed by atoms with Crippen molar-refractivity contribution in [3.8, 4) is 0 Å². The molecule has 2 unspecified atom stereocenters. The summed E-state index contributed by atoms with van der Waals surface area (Å²) in [5.41, 5.74) is 2.62. The molecule has 0 bridgehead atoms. The van der Waals surface area contributed by atoms with Gasteiger partial charge < -0.3 is 15.6 Å². The van der Waals surface area contributed by atoms with Crippen molar-refractivity contribution in [2.45, 2.75) is 64.1 Å². The zero-order valence-electron chi connectivity index (χ0n) is 17.1. The molecule has 6 heteroatoms. The lowest BCUT2D eigenvalue weighted by Gasteiger charge is -2.20. The van der Waals surface area contributed by atoms with Crippen LogP contribution in [0.25, 0.3) is 10.9 Å². The third-order valence-electron chi connectivity index (χ3n) is 5.87. The van der Waals surface area contributed by atoms with Crippen molar-refractivity contribution >= 4 is 40.8 Å². The molecular formula is C22H34IN5. The van der Waals surface area contributed by atoms with Gasteiger partial charge in [0.25, 0.3) is 0 Å². The van der Waals surface area contributed by atoms with Crippen molar-refractivity contribution in [2.75, 3.05) is 19.6 Å². The number of hydrogen-bond acceptors (Lipinski definition) is 2. The van der Waals surface area contributed by atoms with Crippen molar-refractivity contribution < 1.29 is 0 Å². The topological polar surface area (TPSA) is 55.5 Å². The lowest BCUT2D eigenvalue weighted by atomic mass is 10.1. The Hall–Kier alpha value is -1.28. The van der Waals surface area contributed by atoms with Gasteiger partial charge in [-0.1, -0.05) is 18.2 Å². The zero-order chi connectivity index (χ0) is 18.6. The van der Waals surface area contributed by atoms with Crippen LogP contribution in [0.3, 0.4) is 0 Å². The van der Waals surface area contributed by atoms with Crippen LogP contribution in [0.1, 0.15) is 45.1 Å². The Morgan fingerprint density at radius 1 is 1.29 bits per heavy atom. The molecule has 2 heterocycles. The minimum atomic E-state index is 0. The van der Waals surface area contributed by atoms with Gasteiger partial charge in [0.15, 0.2) is 5.96 Å². The fourth-order valence-electron chi connectivity index (χ4n) is 4.39. The van der Waals surface area contributed by atoms with Gasteiger partial charge in [0.05, 0.1) is 0 Å². The van der Waals surface area contributed by atoms with E-state index in [0.29, 0.717) is 12.1 Å². The normalized spacial score (nSPS) is 23.0. The van der Waals surface area contributed by atoms with Gasteiger partial charge in [0.2, 0.25) is 0 Å². The quantitative estimate of drug-likeness (QED) is 0.237. The Morgan fingerprint density at radius 3 is 2.89 bits per heavy atom. The molecule has 2 aliphatic rings. The van der Waals surface area contributed by atoms with Gasteiger partial charge in [0.1, 0.15) is 0 Å². The number of para-hydroxylation sites is 1. The number of aliphatic imine (C=N–C) groups is 1. The second-order valence-corrected chi connectivity index (χ2v) is 8.08. The number of H-pyrrole nitrogens is 1. The summed E-state index contributed by atoms with van der Waals surface area (Å²) >= 11 is 0. The molecule has 2 fully saturated rings. The van der Waals surface area contributed by atoms with Crippen LogP contribution in [-0.2, 0) is 6.42 Å². The number of nitrogens with zero attached hydrogens (tertiary/aromatic N) is 2. The van der Waals surface area contributed by atoms with Gasteiger partial charge in [0, 0.05) is 54.9 Å². The zero-order valence-corrected chi connectivity index (χ0v) is 19.4. The van der Waals surface area contributed by atoms with Gasteiger partial charge in [-0.15, -0.1) is 24.0 Å². The first-order chi connectivity index (χ1) is 13.2. The van der Waals surface area contributed by atoms with Crippen LogP contribution < -0.4 is 10.6 Å². The average molecular weight is 495 g/mol. The molecule has 1 saturated heterocycles. The van der Waals surface area contributed by atoms with Crippen LogP contribution in [0.5, 0.6) is 0 Å². The maximum absolute atomic E-state index is 4.83. The molecular weight excluding hydrogens is 461 g/mol. The molecule has 2 atom stereocenters. The minimum Gasteiger partial charge on any atom is -0.361 e. The molecule has 2 aromatic rings. The van der Waals surface area contributed by atoms with Crippen LogP contribution >= 0.6 is 24.0 Å². The monoisotopic (exact) mass is 495 g/mol. The first-order valence-corrected chi connectivity index (χ1v) is 10.6. The fourth-order valence-corrected chi connectivity index (χ4v) is 4.39. The van der Waals surface area contributed by atoms with Gasteiger partial charge in [-0.25, -0.2) is 0 Å². The third kappa shape index (κ3) is 5.20. The van der Waals surface area contributed by atoms with Crippen LogP contribution in [-0.4, -0.2) is 53.6 Å². The summed E-state index contributed by atoms with van der Waals surface area (Å²) < 4.78 is 0. The maximum Gasteiger partial charge on any atom is 0.191 e. The Bertz CT molecular complexity index is 782. The number of rotatable bonds is 7. The molecule has 1 saturated carbocycles. The van der Waals surface area contributed by atoms with Gasteiger partial charge in [-0.2, -0.15) is 0 Å². The molecule has 28 heavy (non-hydrogen) atoms. The second kappa shape index (κ2) is 9.96. The fraction of sp³-hybridized carbons (Fsp3) is 0.591. The number of fused-ring (bicyclic) bond motifs is 1. The predicted octanol–water partition coefficient (Wildman–Crippen LogP) is 3.90. The summed E-state index contributed by atoms with van der Waals surface area (Å²) in [6.45, 7) is 7.42. The van der Waals surface area contributed by atoms with Crippen molar-refractivity contribution in [3.05, 3.63) is 36.0 Å². The molecule has 0 amide bonds. The Labute approximate surface area is 185 Å². The van der Waals surface area contributed by atoms with Gasteiger partial charge >= 0.3 is 0 Å². The van der Waals surface area contributed by atoms with E-state index in [1.165, 1.54) is 35.7 Å². The summed E-state index contributed by atoms with van der Waals surface area (Å²) in [6, 6.07) is 10.6. The number of nitrogens with one attached hydrogen (secondary N) is 3. The number of guanidine groups is 1. The highest BCUT2D eigenvalue weighted by Crippen LogP contribution is 2.33. The largest absolute Gasteiger partial charge is 0.361 e. The summed E-state index contributed by atoms with van der Waals surface area (Å²) in [6.07, 6.45) is 8.26. The summed E-state index contributed by atoms with van der Waals surface area (Å²) in [5.74, 6) is 0.978. The molecule has 4 rings (SSSR count). The van der Waals surface area contributed by atoms with Crippen molar-refractivity contribution in [1.29, 1.82) is 0 Å². The van der Waals surface area contributed by atoms with E-state index in [1.807, 2.05) is 0 Å². The van der Waals surface area contributed by atoms with E-state index in [9.17, 15) is 0 Å². The smallest absolute Gasteiger partial charge is 0.191 e. The summed E-state index contributed by atoms with van der Waals surface area (Å²) in [4.78, 5) is 10.9. The van der Waals surface area contributed by atoms with Crippen molar-refractivity contribution in [1.82, 2.24) is 20.5 Å². The van der Waals surface area contributed by atoms with Crippen molar-refractivity contribution in [3.63, 3.8) is 0 Å². The van der Waals surface area contributed by atoms with Crippen LogP contribution in [0, 0.1) is 0 Å². The number of likely N-dealkylation sites (tertiary alicyclic amines) is 1. The van der Waals surface area contributed by atoms with Crippen LogP contribution in [0.4, 0.5) is 0 Å². The molecule has 0 radical (unpaired) electrons. The second-order valence-electron chi connectivity index (χ2n) is 8.08. The molecule has 1 aliphatic heterocycles. The predicted molar refractivity (Wildman–Crippen MR) is 129 cm³/mol. The Morgan fingerprint density at radius 2 is 2.11 bits per heavy atom. The molecule has 1 aromatic carbocycles. The van der Waals surface area contributed by atoms with Gasteiger partial charge in [-0.3, -0.25) is 9.89 Å². The van der Waals surface area contributed by atoms with E-state index in [-0.39, 0.29) is 24.0 Å². The van der Waals surface area contributed by atoms with Crippen molar-refractivity contribution in [2.24, 2.45) is 4.99 Å². The first-order valence-electron chi connectivity index (χ1n) is 10.6. The van der Waals surface area contributed by atoms with E-state index < -0.39 is 0 Å². The van der Waals surface area contributed by atoms with Gasteiger partial charge in [-0.05, 0) is 57.6 Å². The minimum absolute atomic E-state index is 0. The average Bonchev–Trinajstić information content (AvgIpc) is 3.33. The van der Waals surface area contributed by atoms with Crippen LogP contribution in [0.15, 0.2) is 35.5 Å². The van der Waals surface area contributed by atoms with Crippen LogP contribution in [0.2, 0.25) is 0 Å². The van der Waals surface area contributed by atoms with E-state index in [1.54, 1.807) is 0 Å². The van der Waals surface area contributed by atoms with E-state index in [4.69, 9.17) is 4.99 Å². The lowest BCUT2D eigenvalue weighted by Crippen LogP contribution is -2.44. The molecule has 3 N–H and O–H groups in total. The molecule has 1 aromatic heterocycles. The lowest BCUT2D eigenvalue weighted by molar-refractivity contribution is 0.256. The molecule has 0 spiro atoms. The van der Waals surface area contributed by atoms with E-state index >= 15 is 0 Å². The highest BCUT2D eigenvalue weighted by atomic mass is 127. The number of aromatic nitrogens is 1. The Balaban J connectivity index is 0.00000225. The molecule has 5 nitrogen and oxygen atoms in total. The number of aryl methyl sites for hydroxylation is 1. The summed E-state index contributed by atoms with van der Waals surface area (Å²) in [7, 11) is 0. The molecule has 154 valence electrons. The van der Waals surface area contributed by atoms with E-state index in [2.05, 4.69) is 64.8 Å². The number of benzene rings is 1. The summed E-state index contributed by atoms with van der Waals surface area (Å²) in [5, 5.41) is 8.44. The number of aromatic amines is 1. The SMILES string of the molecule is CCNC(=NCCCc1c[nH]c2ccccc12)NC1CC(C)N(C2CC2)C1.I. The first kappa shape index (κ1) is 21.4. The highest BCUT2D eigenvalue weighted by molar-refractivity contribution is 14.0. The maximum atomic E-state index is 4.83. The standard InChI is InChI=1S/C22H33N5.HI/c1-3-23-22(26-18-13-16(2)27(15-18)19-10-11-19)24-12-6-7-17-14-25-21-9-5-4-8-20(17)21;/h4-5,8-9,14,16,18-19,25H,3,6-7,10-13,15H2,1-2H3,(H2,23,24,26);1H. The molecule has 1 aliphatic carbocycles. The number of hydrogen-bond donors (Lipinski definition) is 3. The van der Waals surface area contributed by atoms with E-state index in [0.717, 1.165) is 44.5 Å². The number of halogens is 1. The third-order valence-corrected chi connectivity index (χ3v) is 5.87. The Kier molecular flexibility index (Phi) is 7.62. The highest BCUT2D eigenvalue weighted by Gasteiger charge is 2.38.